The SMILES string of the molecule is CNC(=O)CN(C)C(=O)c1sc2ccc(F)cc2c1N. The Morgan fingerprint density at radius 3 is 2.80 bits per heavy atom. The Morgan fingerprint density at radius 1 is 1.45 bits per heavy atom. The van der Waals surface area contributed by atoms with Crippen LogP contribution in [0.4, 0.5) is 10.1 Å². The number of carbonyl (C=O) groups excluding carboxylic acids is 2. The molecule has 0 aliphatic rings. The molecule has 5 nitrogen and oxygen atoms in total. The van der Waals surface area contributed by atoms with Gasteiger partial charge in [-0.3, -0.25) is 9.59 Å². The molecule has 0 aliphatic carbocycles. The van der Waals surface area contributed by atoms with Gasteiger partial charge in [-0.05, 0) is 18.2 Å². The van der Waals surface area contributed by atoms with Crippen molar-refractivity contribution in [1.29, 1.82) is 0 Å². The smallest absolute Gasteiger partial charge is 0.266 e. The third kappa shape index (κ3) is 2.57. The van der Waals surface area contributed by atoms with Crippen molar-refractivity contribution in [2.45, 2.75) is 0 Å². The molecule has 2 rings (SSSR count). The largest absolute Gasteiger partial charge is 0.397 e. The summed E-state index contributed by atoms with van der Waals surface area (Å²) in [5.74, 6) is -1.03. The van der Waals surface area contributed by atoms with E-state index in [4.69, 9.17) is 5.73 Å². The van der Waals surface area contributed by atoms with E-state index in [0.717, 1.165) is 4.70 Å². The minimum atomic E-state index is -0.403. The fourth-order valence-corrected chi connectivity index (χ4v) is 2.89. The van der Waals surface area contributed by atoms with Crippen LogP contribution in [0.1, 0.15) is 9.67 Å². The van der Waals surface area contributed by atoms with Gasteiger partial charge in [-0.15, -0.1) is 11.3 Å². The Kier molecular flexibility index (Phi) is 3.89. The molecule has 0 spiro atoms. The van der Waals surface area contributed by atoms with Gasteiger partial charge >= 0.3 is 0 Å². The van der Waals surface area contributed by atoms with Crippen LogP contribution in [0.5, 0.6) is 0 Å². The summed E-state index contributed by atoms with van der Waals surface area (Å²) in [5, 5.41) is 2.96. The van der Waals surface area contributed by atoms with E-state index in [1.54, 1.807) is 6.07 Å². The van der Waals surface area contributed by atoms with Gasteiger partial charge in [0, 0.05) is 24.2 Å². The van der Waals surface area contributed by atoms with Crippen LogP contribution in [-0.4, -0.2) is 37.4 Å². The molecule has 1 aromatic heterocycles. The standard InChI is InChI=1S/C13H14FN3O2S/c1-16-10(18)6-17(2)13(19)12-11(15)8-5-7(14)3-4-9(8)20-12/h3-5H,6,15H2,1-2H3,(H,16,18). The first-order valence-corrected chi connectivity index (χ1v) is 6.69. The Labute approximate surface area is 119 Å². The first kappa shape index (κ1) is 14.3. The molecule has 1 aromatic carbocycles. The molecular weight excluding hydrogens is 281 g/mol. The highest BCUT2D eigenvalue weighted by molar-refractivity contribution is 7.21. The Hall–Kier alpha value is -2.15. The van der Waals surface area contributed by atoms with Gasteiger partial charge in [-0.25, -0.2) is 4.39 Å². The number of anilines is 1. The van der Waals surface area contributed by atoms with Gasteiger partial charge in [0.05, 0.1) is 12.2 Å². The molecule has 0 saturated carbocycles. The summed E-state index contributed by atoms with van der Waals surface area (Å²) in [6.45, 7) is -0.0582. The summed E-state index contributed by atoms with van der Waals surface area (Å²) in [5.41, 5.74) is 6.15. The second kappa shape index (κ2) is 5.46. The molecule has 0 radical (unpaired) electrons. The number of hydrogen-bond acceptors (Lipinski definition) is 4. The number of thiophene rings is 1. The molecule has 0 bridgehead atoms. The van der Waals surface area contributed by atoms with Gasteiger partial charge in [0.15, 0.2) is 0 Å². The number of nitrogen functional groups attached to an aromatic ring is 1. The van der Waals surface area contributed by atoms with Crippen molar-refractivity contribution < 1.29 is 14.0 Å². The minimum absolute atomic E-state index is 0.0582. The molecule has 106 valence electrons. The molecule has 0 unspecified atom stereocenters. The molecule has 2 amide bonds. The van der Waals surface area contributed by atoms with E-state index in [2.05, 4.69) is 5.32 Å². The van der Waals surface area contributed by atoms with Gasteiger partial charge < -0.3 is 16.0 Å². The zero-order valence-electron chi connectivity index (χ0n) is 11.1. The van der Waals surface area contributed by atoms with E-state index in [1.807, 2.05) is 0 Å². The topological polar surface area (TPSA) is 75.4 Å². The molecule has 0 aliphatic heterocycles. The highest BCUT2D eigenvalue weighted by Crippen LogP contribution is 2.34. The quantitative estimate of drug-likeness (QED) is 0.899. The van der Waals surface area contributed by atoms with E-state index in [9.17, 15) is 14.0 Å². The maximum absolute atomic E-state index is 13.2. The second-order valence-corrected chi connectivity index (χ2v) is 5.37. The lowest BCUT2D eigenvalue weighted by Gasteiger charge is -2.15. The lowest BCUT2D eigenvalue weighted by molar-refractivity contribution is -0.121. The van der Waals surface area contributed by atoms with Gasteiger partial charge in [-0.1, -0.05) is 0 Å². The first-order valence-electron chi connectivity index (χ1n) is 5.87. The van der Waals surface area contributed by atoms with Crippen molar-refractivity contribution in [3.63, 3.8) is 0 Å². The van der Waals surface area contributed by atoms with Crippen LogP contribution in [0.2, 0.25) is 0 Å². The number of likely N-dealkylation sites (N-methyl/N-ethyl adjacent to an activating group) is 2. The highest BCUT2D eigenvalue weighted by atomic mass is 32.1. The average Bonchev–Trinajstić information content (AvgIpc) is 2.75. The van der Waals surface area contributed by atoms with Crippen molar-refractivity contribution in [3.8, 4) is 0 Å². The van der Waals surface area contributed by atoms with E-state index < -0.39 is 5.82 Å². The van der Waals surface area contributed by atoms with Crippen LogP contribution in [0.3, 0.4) is 0 Å². The van der Waals surface area contributed by atoms with Gasteiger partial charge in [-0.2, -0.15) is 0 Å². The maximum atomic E-state index is 13.2. The first-order chi connectivity index (χ1) is 9.43. The van der Waals surface area contributed by atoms with Crippen LogP contribution in [0.25, 0.3) is 10.1 Å². The number of nitrogens with one attached hydrogen (secondary N) is 1. The molecule has 3 N–H and O–H groups in total. The van der Waals surface area contributed by atoms with Gasteiger partial charge in [0.25, 0.3) is 5.91 Å². The number of carbonyl (C=O) groups is 2. The van der Waals surface area contributed by atoms with Gasteiger partial charge in [0.1, 0.15) is 10.7 Å². The fourth-order valence-electron chi connectivity index (χ4n) is 1.79. The number of halogens is 1. The van der Waals surface area contributed by atoms with Crippen LogP contribution >= 0.6 is 11.3 Å². The van der Waals surface area contributed by atoms with E-state index in [-0.39, 0.29) is 24.0 Å². The van der Waals surface area contributed by atoms with Crippen molar-refractivity contribution in [2.75, 3.05) is 26.4 Å². The Balaban J connectivity index is 2.35. The van der Waals surface area contributed by atoms with Crippen molar-refractivity contribution in [2.24, 2.45) is 0 Å². The molecule has 1 heterocycles. The minimum Gasteiger partial charge on any atom is -0.397 e. The van der Waals surface area contributed by atoms with Crippen molar-refractivity contribution in [1.82, 2.24) is 10.2 Å². The normalized spacial score (nSPS) is 10.6. The zero-order valence-corrected chi connectivity index (χ0v) is 11.9. The maximum Gasteiger partial charge on any atom is 0.266 e. The molecule has 0 saturated heterocycles. The summed E-state index contributed by atoms with van der Waals surface area (Å²) >= 11 is 1.19. The molecule has 0 atom stereocenters. The predicted octanol–water partition coefficient (Wildman–Crippen LogP) is 1.44. The second-order valence-electron chi connectivity index (χ2n) is 4.32. The molecule has 20 heavy (non-hydrogen) atoms. The zero-order chi connectivity index (χ0) is 14.9. The number of rotatable bonds is 3. The summed E-state index contributed by atoms with van der Waals surface area (Å²) in [6, 6.07) is 4.21. The molecule has 2 aromatic rings. The highest BCUT2D eigenvalue weighted by Gasteiger charge is 2.21. The third-order valence-electron chi connectivity index (χ3n) is 2.89. The predicted molar refractivity (Wildman–Crippen MR) is 77.2 cm³/mol. The monoisotopic (exact) mass is 295 g/mol. The van der Waals surface area contributed by atoms with E-state index >= 15 is 0 Å². The number of benzene rings is 1. The molecular formula is C13H14FN3O2S. The van der Waals surface area contributed by atoms with Crippen LogP contribution in [-0.2, 0) is 4.79 Å². The van der Waals surface area contributed by atoms with Crippen LogP contribution in [0, 0.1) is 5.82 Å². The van der Waals surface area contributed by atoms with Crippen LogP contribution in [0.15, 0.2) is 18.2 Å². The number of nitrogens with two attached hydrogens (primary N) is 1. The summed E-state index contributed by atoms with van der Waals surface area (Å²) in [4.78, 5) is 25.1. The van der Waals surface area contributed by atoms with Crippen molar-refractivity contribution >= 4 is 38.9 Å². The number of fused-ring (bicyclic) bond motifs is 1. The van der Waals surface area contributed by atoms with E-state index in [0.29, 0.717) is 10.3 Å². The van der Waals surface area contributed by atoms with Gasteiger partial charge in [0.2, 0.25) is 5.91 Å². The van der Waals surface area contributed by atoms with Crippen LogP contribution < -0.4 is 11.1 Å². The number of amides is 2. The van der Waals surface area contributed by atoms with E-state index in [1.165, 1.54) is 42.5 Å². The number of hydrogen-bond donors (Lipinski definition) is 2. The summed E-state index contributed by atoms with van der Waals surface area (Å²) < 4.78 is 13.9. The fraction of sp³-hybridized carbons (Fsp3) is 0.231. The summed E-state index contributed by atoms with van der Waals surface area (Å²) in [6.07, 6.45) is 0. The molecule has 0 fully saturated rings. The lowest BCUT2D eigenvalue weighted by Crippen LogP contribution is -2.36. The average molecular weight is 295 g/mol. The summed E-state index contributed by atoms with van der Waals surface area (Å²) in [7, 11) is 3.01. The number of nitrogens with zero attached hydrogens (tertiary/aromatic N) is 1. The Morgan fingerprint density at radius 2 is 2.15 bits per heavy atom. The lowest BCUT2D eigenvalue weighted by atomic mass is 10.2. The Bertz CT molecular complexity index is 684. The molecule has 7 heteroatoms. The van der Waals surface area contributed by atoms with Crippen molar-refractivity contribution in [3.05, 3.63) is 28.9 Å². The third-order valence-corrected chi connectivity index (χ3v) is 4.06.